The van der Waals surface area contributed by atoms with Gasteiger partial charge in [0.2, 0.25) is 0 Å². The highest BCUT2D eigenvalue weighted by Gasteiger charge is 2.74. The van der Waals surface area contributed by atoms with Crippen LogP contribution in [0.4, 0.5) is 0 Å². The molecule has 0 saturated heterocycles. The lowest BCUT2D eigenvalue weighted by atomic mass is 9.42. The number of carbonyl (C=O) groups is 1. The number of Topliss-reactive ketones (excluding diaryl/α,β-unsaturated/α-hetero) is 1. The fraction of sp³-hybridized carbons (Fsp3) is 0.350. The minimum Gasteiger partial charge on any atom is -0.294 e. The fourth-order valence-corrected chi connectivity index (χ4v) is 7.02. The molecule has 25 heavy (non-hydrogen) atoms. The molecule has 2 bridgehead atoms. The summed E-state index contributed by atoms with van der Waals surface area (Å²) in [6.45, 7) is 1.94. The number of sulfone groups is 1. The first-order chi connectivity index (χ1) is 11.8. The Morgan fingerprint density at radius 1 is 1.00 bits per heavy atom. The second-order valence-corrected chi connectivity index (χ2v) is 10.4. The Bertz CT molecular complexity index is 924. The molecule has 130 valence electrons. The standard InChI is InChI=1S/C20H19ClO3S/c1-14-2-8-17(9-3-14)25(23,24)20-11-19(12-20,13-20)10-18(22)15-4-6-16(21)7-5-15/h2-9H,10-13H2,1H3. The van der Waals surface area contributed by atoms with Crippen LogP contribution in [0.5, 0.6) is 0 Å². The summed E-state index contributed by atoms with van der Waals surface area (Å²) in [6, 6.07) is 13.9. The largest absolute Gasteiger partial charge is 0.294 e. The SMILES string of the molecule is Cc1ccc(S(=O)(=O)C23CC(CC(=O)c4ccc(Cl)cc4)(C2)C3)cc1. The number of benzene rings is 2. The Balaban J connectivity index is 1.46. The van der Waals surface area contributed by atoms with Gasteiger partial charge in [-0.05, 0) is 68.0 Å². The minimum absolute atomic E-state index is 0.0673. The van der Waals surface area contributed by atoms with Crippen LogP contribution < -0.4 is 0 Å². The first kappa shape index (κ1) is 16.8. The normalized spacial score (nSPS) is 27.3. The summed E-state index contributed by atoms with van der Waals surface area (Å²) in [4.78, 5) is 12.9. The molecular weight excluding hydrogens is 356 g/mol. The van der Waals surface area contributed by atoms with Crippen LogP contribution in [0.3, 0.4) is 0 Å². The zero-order valence-electron chi connectivity index (χ0n) is 14.0. The number of carbonyl (C=O) groups excluding carboxylic acids is 1. The molecule has 5 heteroatoms. The van der Waals surface area contributed by atoms with Crippen molar-refractivity contribution in [1.82, 2.24) is 0 Å². The number of hydrogen-bond acceptors (Lipinski definition) is 3. The highest BCUT2D eigenvalue weighted by molar-refractivity contribution is 7.93. The van der Waals surface area contributed by atoms with Crippen molar-refractivity contribution in [2.24, 2.45) is 5.41 Å². The molecule has 0 spiro atoms. The van der Waals surface area contributed by atoms with Crippen LogP contribution >= 0.6 is 11.6 Å². The summed E-state index contributed by atoms with van der Waals surface area (Å²) in [6.07, 6.45) is 2.19. The van der Waals surface area contributed by atoms with Crippen LogP contribution in [0.15, 0.2) is 53.4 Å². The molecular formula is C20H19ClO3S. The second kappa shape index (κ2) is 5.42. The van der Waals surface area contributed by atoms with Crippen LogP contribution in [-0.2, 0) is 9.84 Å². The summed E-state index contributed by atoms with van der Waals surface area (Å²) in [7, 11) is -3.33. The second-order valence-electron chi connectivity index (χ2n) is 7.64. The van der Waals surface area contributed by atoms with E-state index in [1.807, 2.05) is 19.1 Å². The first-order valence-corrected chi connectivity index (χ1v) is 10.2. The Labute approximate surface area is 152 Å². The van der Waals surface area contributed by atoms with Crippen molar-refractivity contribution in [3.8, 4) is 0 Å². The van der Waals surface area contributed by atoms with E-state index in [4.69, 9.17) is 11.6 Å². The Morgan fingerprint density at radius 3 is 2.12 bits per heavy atom. The maximum absolute atomic E-state index is 12.9. The van der Waals surface area contributed by atoms with E-state index in [1.165, 1.54) is 0 Å². The van der Waals surface area contributed by atoms with E-state index in [0.29, 0.717) is 41.2 Å². The van der Waals surface area contributed by atoms with Crippen molar-refractivity contribution < 1.29 is 13.2 Å². The van der Waals surface area contributed by atoms with Crippen LogP contribution in [0.2, 0.25) is 5.02 Å². The van der Waals surface area contributed by atoms with Gasteiger partial charge in [0.05, 0.1) is 9.64 Å². The van der Waals surface area contributed by atoms with Crippen LogP contribution in [0.1, 0.15) is 41.6 Å². The molecule has 0 amide bonds. The molecule has 0 unspecified atom stereocenters. The van der Waals surface area contributed by atoms with Gasteiger partial charge in [0, 0.05) is 17.0 Å². The third-order valence-electron chi connectivity index (χ3n) is 5.69. The summed E-state index contributed by atoms with van der Waals surface area (Å²) in [5, 5.41) is 0.602. The van der Waals surface area contributed by atoms with Crippen molar-refractivity contribution in [3.63, 3.8) is 0 Å². The summed E-state index contributed by atoms with van der Waals surface area (Å²) >= 11 is 5.85. The Hall–Kier alpha value is -1.65. The van der Waals surface area contributed by atoms with Gasteiger partial charge in [-0.2, -0.15) is 0 Å². The third kappa shape index (κ3) is 2.54. The first-order valence-electron chi connectivity index (χ1n) is 8.36. The predicted octanol–water partition coefficient (Wildman–Crippen LogP) is 4.62. The molecule has 2 aromatic rings. The maximum Gasteiger partial charge on any atom is 0.184 e. The third-order valence-corrected chi connectivity index (χ3v) is 8.41. The van der Waals surface area contributed by atoms with Gasteiger partial charge in [0.1, 0.15) is 0 Å². The van der Waals surface area contributed by atoms with E-state index in [9.17, 15) is 13.2 Å². The van der Waals surface area contributed by atoms with Crippen molar-refractivity contribution >= 4 is 27.2 Å². The van der Waals surface area contributed by atoms with E-state index < -0.39 is 14.6 Å². The average molecular weight is 375 g/mol. The van der Waals surface area contributed by atoms with Crippen molar-refractivity contribution in [2.75, 3.05) is 0 Å². The van der Waals surface area contributed by atoms with Gasteiger partial charge in [-0.15, -0.1) is 0 Å². The molecule has 5 rings (SSSR count). The molecule has 0 aliphatic heterocycles. The van der Waals surface area contributed by atoms with E-state index in [0.717, 1.165) is 5.56 Å². The molecule has 0 atom stereocenters. The lowest BCUT2D eigenvalue weighted by molar-refractivity contribution is -0.0791. The molecule has 2 aromatic carbocycles. The van der Waals surface area contributed by atoms with Gasteiger partial charge in [-0.3, -0.25) is 4.79 Å². The molecule has 3 aliphatic rings. The zero-order chi connectivity index (χ0) is 17.9. The zero-order valence-corrected chi connectivity index (χ0v) is 15.5. The molecule has 0 heterocycles. The maximum atomic E-state index is 12.9. The monoisotopic (exact) mass is 374 g/mol. The topological polar surface area (TPSA) is 51.2 Å². The van der Waals surface area contributed by atoms with E-state index in [2.05, 4.69) is 0 Å². The number of ketones is 1. The molecule has 0 aromatic heterocycles. The predicted molar refractivity (Wildman–Crippen MR) is 97.8 cm³/mol. The van der Waals surface area contributed by atoms with Gasteiger partial charge in [0.25, 0.3) is 0 Å². The molecule has 3 nitrogen and oxygen atoms in total. The number of halogens is 1. The summed E-state index contributed by atoms with van der Waals surface area (Å²) in [5.41, 5.74) is 1.56. The lowest BCUT2D eigenvalue weighted by Gasteiger charge is -2.69. The van der Waals surface area contributed by atoms with Crippen LogP contribution in [0.25, 0.3) is 0 Å². The highest BCUT2D eigenvalue weighted by atomic mass is 35.5. The van der Waals surface area contributed by atoms with E-state index >= 15 is 0 Å². The highest BCUT2D eigenvalue weighted by Crippen LogP contribution is 2.73. The Kier molecular flexibility index (Phi) is 3.64. The van der Waals surface area contributed by atoms with Gasteiger partial charge in [-0.25, -0.2) is 8.42 Å². The molecule has 3 fully saturated rings. The van der Waals surface area contributed by atoms with Gasteiger partial charge >= 0.3 is 0 Å². The van der Waals surface area contributed by atoms with Crippen molar-refractivity contribution in [1.29, 1.82) is 0 Å². The molecule has 3 saturated carbocycles. The number of rotatable bonds is 5. The van der Waals surface area contributed by atoms with E-state index in [-0.39, 0.29) is 11.2 Å². The van der Waals surface area contributed by atoms with Gasteiger partial charge in [0.15, 0.2) is 15.6 Å². The summed E-state index contributed by atoms with van der Waals surface area (Å²) < 4.78 is 25.2. The molecule has 0 N–H and O–H groups in total. The summed E-state index contributed by atoms with van der Waals surface area (Å²) in [5.74, 6) is 0.0673. The van der Waals surface area contributed by atoms with Gasteiger partial charge < -0.3 is 0 Å². The Morgan fingerprint density at radius 2 is 1.56 bits per heavy atom. The molecule has 3 aliphatic carbocycles. The number of hydrogen-bond donors (Lipinski definition) is 0. The average Bonchev–Trinajstić information content (AvgIpc) is 2.50. The van der Waals surface area contributed by atoms with Crippen molar-refractivity contribution in [3.05, 3.63) is 64.7 Å². The quantitative estimate of drug-likeness (QED) is 0.717. The smallest absolute Gasteiger partial charge is 0.184 e. The van der Waals surface area contributed by atoms with Crippen LogP contribution in [0, 0.1) is 12.3 Å². The number of aryl methyl sites for hydroxylation is 1. The van der Waals surface area contributed by atoms with E-state index in [1.54, 1.807) is 36.4 Å². The van der Waals surface area contributed by atoms with Crippen LogP contribution in [-0.4, -0.2) is 18.9 Å². The minimum atomic E-state index is -3.33. The van der Waals surface area contributed by atoms with Gasteiger partial charge in [-0.1, -0.05) is 29.3 Å². The lowest BCUT2D eigenvalue weighted by Crippen LogP contribution is -2.70. The fourth-order valence-electron chi connectivity index (χ4n) is 4.41. The van der Waals surface area contributed by atoms with Crippen molar-refractivity contribution in [2.45, 2.75) is 42.2 Å². The molecule has 0 radical (unpaired) electrons.